The van der Waals surface area contributed by atoms with Crippen LogP contribution in [0.3, 0.4) is 0 Å². The summed E-state index contributed by atoms with van der Waals surface area (Å²) in [6.45, 7) is 2.05. The van der Waals surface area contributed by atoms with Gasteiger partial charge in [-0.25, -0.2) is 0 Å². The van der Waals surface area contributed by atoms with Gasteiger partial charge in [0.25, 0.3) is 0 Å². The first-order chi connectivity index (χ1) is 4.23. The third-order valence-corrected chi connectivity index (χ3v) is 2.73. The average Bonchev–Trinajstić information content (AvgIpc) is 1.96. The van der Waals surface area contributed by atoms with Crippen LogP contribution in [0.1, 0.15) is 19.8 Å². The third kappa shape index (κ3) is 0.432. The predicted octanol–water partition coefficient (Wildman–Crippen LogP) is 1.54. The highest BCUT2D eigenvalue weighted by atomic mass is 16.1. The Kier molecular flexibility index (Phi) is 0.743. The van der Waals surface area contributed by atoms with E-state index in [0.717, 1.165) is 12.8 Å². The van der Waals surface area contributed by atoms with Crippen LogP contribution >= 0.6 is 0 Å². The molecular formula is C8H10O. The molecule has 48 valence electrons. The van der Waals surface area contributed by atoms with Crippen LogP contribution in [0.5, 0.6) is 0 Å². The van der Waals surface area contributed by atoms with Crippen molar-refractivity contribution in [1.82, 2.24) is 0 Å². The lowest BCUT2D eigenvalue weighted by atomic mass is 9.70. The van der Waals surface area contributed by atoms with Gasteiger partial charge in [0.1, 0.15) is 5.78 Å². The molecule has 2 aliphatic rings. The second-order valence-corrected chi connectivity index (χ2v) is 3.21. The maximum Gasteiger partial charge on any atom is 0.143 e. The first-order valence-electron chi connectivity index (χ1n) is 3.46. The molecule has 0 radical (unpaired) electrons. The molecule has 0 aliphatic heterocycles. The molecule has 0 aromatic carbocycles. The highest BCUT2D eigenvalue weighted by molar-refractivity contribution is 5.90. The van der Waals surface area contributed by atoms with Gasteiger partial charge in [-0.05, 0) is 19.3 Å². The lowest BCUT2D eigenvalue weighted by molar-refractivity contribution is -0.124. The van der Waals surface area contributed by atoms with Gasteiger partial charge in [-0.1, -0.05) is 12.2 Å². The summed E-state index contributed by atoms with van der Waals surface area (Å²) in [6, 6.07) is 0. The fourth-order valence-electron chi connectivity index (χ4n) is 1.77. The maximum absolute atomic E-state index is 11.1. The molecule has 2 atom stereocenters. The van der Waals surface area contributed by atoms with Crippen molar-refractivity contribution < 1.29 is 4.79 Å². The molecule has 0 aromatic heterocycles. The van der Waals surface area contributed by atoms with Crippen molar-refractivity contribution in [2.24, 2.45) is 11.3 Å². The molecule has 1 saturated carbocycles. The van der Waals surface area contributed by atoms with Gasteiger partial charge >= 0.3 is 0 Å². The Balaban J connectivity index is 2.39. The standard InChI is InChI=1S/C8H10O/c1-8-5-4-6(8)2-3-7(8)9/h4-6H,2-3H2,1H3. The maximum atomic E-state index is 11.1. The number of ketones is 1. The van der Waals surface area contributed by atoms with Crippen LogP contribution in [0, 0.1) is 11.3 Å². The Labute approximate surface area is 54.8 Å². The fourth-order valence-corrected chi connectivity index (χ4v) is 1.77. The summed E-state index contributed by atoms with van der Waals surface area (Å²) in [7, 11) is 0. The van der Waals surface area contributed by atoms with Crippen molar-refractivity contribution in [3.05, 3.63) is 12.2 Å². The number of fused-ring (bicyclic) bond motifs is 1. The largest absolute Gasteiger partial charge is 0.299 e. The summed E-state index contributed by atoms with van der Waals surface area (Å²) in [5.74, 6) is 1.03. The Bertz CT molecular complexity index is 193. The van der Waals surface area contributed by atoms with Gasteiger partial charge in [-0.2, -0.15) is 0 Å². The molecule has 0 bridgehead atoms. The van der Waals surface area contributed by atoms with Gasteiger partial charge in [0.05, 0.1) is 5.41 Å². The normalized spacial score (nSPS) is 46.8. The van der Waals surface area contributed by atoms with Crippen LogP contribution in [0.25, 0.3) is 0 Å². The van der Waals surface area contributed by atoms with Crippen LogP contribution < -0.4 is 0 Å². The second-order valence-electron chi connectivity index (χ2n) is 3.21. The Morgan fingerprint density at radius 2 is 2.56 bits per heavy atom. The minimum atomic E-state index is -0.0278. The molecule has 9 heavy (non-hydrogen) atoms. The smallest absolute Gasteiger partial charge is 0.143 e. The summed E-state index contributed by atoms with van der Waals surface area (Å²) >= 11 is 0. The molecule has 0 N–H and O–H groups in total. The van der Waals surface area contributed by atoms with Crippen LogP contribution in [0.2, 0.25) is 0 Å². The fraction of sp³-hybridized carbons (Fsp3) is 0.625. The molecule has 1 nitrogen and oxygen atoms in total. The molecule has 2 rings (SSSR count). The van der Waals surface area contributed by atoms with Crippen molar-refractivity contribution in [3.63, 3.8) is 0 Å². The summed E-state index contributed by atoms with van der Waals surface area (Å²) in [5, 5.41) is 0. The van der Waals surface area contributed by atoms with Gasteiger partial charge in [-0.15, -0.1) is 0 Å². The van der Waals surface area contributed by atoms with Crippen molar-refractivity contribution >= 4 is 5.78 Å². The number of carbonyl (C=O) groups is 1. The van der Waals surface area contributed by atoms with Gasteiger partial charge in [0, 0.05) is 6.42 Å². The third-order valence-electron chi connectivity index (χ3n) is 2.73. The lowest BCUT2D eigenvalue weighted by Gasteiger charge is -2.32. The van der Waals surface area contributed by atoms with Crippen molar-refractivity contribution in [1.29, 1.82) is 0 Å². The van der Waals surface area contributed by atoms with Crippen molar-refractivity contribution in [3.8, 4) is 0 Å². The minimum Gasteiger partial charge on any atom is -0.299 e. The van der Waals surface area contributed by atoms with Crippen molar-refractivity contribution in [2.45, 2.75) is 19.8 Å². The van der Waals surface area contributed by atoms with Gasteiger partial charge in [0.15, 0.2) is 0 Å². The summed E-state index contributed by atoms with van der Waals surface area (Å²) in [5.41, 5.74) is -0.0278. The van der Waals surface area contributed by atoms with Crippen LogP contribution in [-0.4, -0.2) is 5.78 Å². The molecule has 2 aliphatic carbocycles. The number of carbonyl (C=O) groups excluding carboxylic acids is 1. The van der Waals surface area contributed by atoms with E-state index in [4.69, 9.17) is 0 Å². The van der Waals surface area contributed by atoms with Crippen LogP contribution in [-0.2, 0) is 4.79 Å². The average molecular weight is 122 g/mol. The second kappa shape index (κ2) is 1.28. The molecule has 1 heteroatoms. The van der Waals surface area contributed by atoms with E-state index >= 15 is 0 Å². The summed E-state index contributed by atoms with van der Waals surface area (Å²) in [4.78, 5) is 11.1. The molecule has 0 heterocycles. The van der Waals surface area contributed by atoms with Crippen LogP contribution in [0.4, 0.5) is 0 Å². The topological polar surface area (TPSA) is 17.1 Å². The predicted molar refractivity (Wildman–Crippen MR) is 35.0 cm³/mol. The number of allylic oxidation sites excluding steroid dienone is 2. The molecule has 0 aromatic rings. The van der Waals surface area contributed by atoms with Gasteiger partial charge in [-0.3, -0.25) is 4.79 Å². The zero-order valence-electron chi connectivity index (χ0n) is 5.55. The highest BCUT2D eigenvalue weighted by Gasteiger charge is 2.47. The van der Waals surface area contributed by atoms with E-state index in [1.54, 1.807) is 0 Å². The number of hydrogen-bond donors (Lipinski definition) is 0. The van der Waals surface area contributed by atoms with E-state index < -0.39 is 0 Å². The molecule has 0 spiro atoms. The van der Waals surface area contributed by atoms with Crippen molar-refractivity contribution in [2.75, 3.05) is 0 Å². The lowest BCUT2D eigenvalue weighted by Crippen LogP contribution is -2.31. The highest BCUT2D eigenvalue weighted by Crippen LogP contribution is 2.48. The Hall–Kier alpha value is -0.590. The van der Waals surface area contributed by atoms with E-state index in [9.17, 15) is 4.79 Å². The van der Waals surface area contributed by atoms with Gasteiger partial charge < -0.3 is 0 Å². The minimum absolute atomic E-state index is 0.0278. The van der Waals surface area contributed by atoms with E-state index in [2.05, 4.69) is 6.08 Å². The van der Waals surface area contributed by atoms with Gasteiger partial charge in [0.2, 0.25) is 0 Å². The summed E-state index contributed by atoms with van der Waals surface area (Å²) < 4.78 is 0. The van der Waals surface area contributed by atoms with E-state index in [1.807, 2.05) is 13.0 Å². The van der Waals surface area contributed by atoms with Crippen LogP contribution in [0.15, 0.2) is 12.2 Å². The molecular weight excluding hydrogens is 112 g/mol. The molecule has 1 fully saturated rings. The first-order valence-corrected chi connectivity index (χ1v) is 3.46. The molecule has 2 unspecified atom stereocenters. The number of Topliss-reactive ketones (excluding diaryl/α,β-unsaturated/α-hetero) is 1. The molecule has 0 amide bonds. The summed E-state index contributed by atoms with van der Waals surface area (Å²) in [6.07, 6.45) is 6.10. The Morgan fingerprint density at radius 1 is 1.78 bits per heavy atom. The number of rotatable bonds is 0. The van der Waals surface area contributed by atoms with E-state index in [0.29, 0.717) is 11.7 Å². The zero-order valence-corrected chi connectivity index (χ0v) is 5.55. The molecule has 0 saturated heterocycles. The monoisotopic (exact) mass is 122 g/mol. The first kappa shape index (κ1) is 5.21. The SMILES string of the molecule is CC12C=CC1CCC2=O. The quantitative estimate of drug-likeness (QED) is 0.445. The number of hydrogen-bond acceptors (Lipinski definition) is 1. The van der Waals surface area contributed by atoms with E-state index in [1.165, 1.54) is 0 Å². The zero-order chi connectivity index (χ0) is 6.48. The Morgan fingerprint density at radius 3 is 2.78 bits per heavy atom. The van der Waals surface area contributed by atoms with E-state index in [-0.39, 0.29) is 5.41 Å².